The van der Waals surface area contributed by atoms with Gasteiger partial charge in [0.25, 0.3) is 0 Å². The Bertz CT molecular complexity index is 841. The van der Waals surface area contributed by atoms with E-state index in [1.54, 1.807) is 0 Å². The number of benzene rings is 2. The fourth-order valence-electron chi connectivity index (χ4n) is 2.30. The first-order chi connectivity index (χ1) is 11.8. The molecular formula is C18H21NO5S. The second-order valence-electron chi connectivity index (χ2n) is 5.54. The second-order valence-corrected chi connectivity index (χ2v) is 7.43. The lowest BCUT2D eigenvalue weighted by Gasteiger charge is -2.09. The third-order valence-electron chi connectivity index (χ3n) is 3.43. The normalized spacial score (nSPS) is 11.2. The van der Waals surface area contributed by atoms with Gasteiger partial charge in [0.1, 0.15) is 19.0 Å². The number of rotatable bonds is 7. The summed E-state index contributed by atoms with van der Waals surface area (Å²) in [5.41, 5.74) is 2.35. The predicted molar refractivity (Wildman–Crippen MR) is 94.4 cm³/mol. The zero-order valence-corrected chi connectivity index (χ0v) is 15.2. The molecule has 6 nitrogen and oxygen atoms in total. The van der Waals surface area contributed by atoms with Crippen LogP contribution in [0.3, 0.4) is 0 Å². The molecule has 0 aromatic heterocycles. The van der Waals surface area contributed by atoms with Crippen LogP contribution in [0.1, 0.15) is 21.5 Å². The van der Waals surface area contributed by atoms with Gasteiger partial charge in [0.15, 0.2) is 0 Å². The molecule has 0 aliphatic heterocycles. The molecule has 2 rings (SSSR count). The van der Waals surface area contributed by atoms with Crippen LogP contribution in [0.5, 0.6) is 5.75 Å². The lowest BCUT2D eigenvalue weighted by molar-refractivity contribution is 0.0450. The van der Waals surface area contributed by atoms with Crippen molar-refractivity contribution in [2.24, 2.45) is 0 Å². The van der Waals surface area contributed by atoms with Gasteiger partial charge in [-0.25, -0.2) is 17.9 Å². The third-order valence-corrected chi connectivity index (χ3v) is 4.84. The summed E-state index contributed by atoms with van der Waals surface area (Å²) in [6.45, 7) is 4.23. The van der Waals surface area contributed by atoms with E-state index in [9.17, 15) is 13.2 Å². The SMILES string of the molecule is CNS(=O)(=O)c1cccc(C(=O)OCCOc2cc(C)cc(C)c2)c1. The molecule has 2 aromatic rings. The van der Waals surface area contributed by atoms with Crippen LogP contribution >= 0.6 is 0 Å². The number of nitrogens with one attached hydrogen (secondary N) is 1. The van der Waals surface area contributed by atoms with E-state index in [0.717, 1.165) is 16.9 Å². The van der Waals surface area contributed by atoms with Crippen molar-refractivity contribution >= 4 is 16.0 Å². The molecule has 25 heavy (non-hydrogen) atoms. The van der Waals surface area contributed by atoms with E-state index in [1.807, 2.05) is 32.0 Å². The maximum absolute atomic E-state index is 12.0. The van der Waals surface area contributed by atoms with Gasteiger partial charge in [-0.3, -0.25) is 0 Å². The van der Waals surface area contributed by atoms with Crippen molar-refractivity contribution in [2.45, 2.75) is 18.7 Å². The highest BCUT2D eigenvalue weighted by Gasteiger charge is 2.15. The zero-order chi connectivity index (χ0) is 18.4. The van der Waals surface area contributed by atoms with Gasteiger partial charge >= 0.3 is 5.97 Å². The molecule has 7 heteroatoms. The average Bonchev–Trinajstić information content (AvgIpc) is 2.58. The fraction of sp³-hybridized carbons (Fsp3) is 0.278. The van der Waals surface area contributed by atoms with Crippen LogP contribution in [0.15, 0.2) is 47.4 Å². The Kier molecular flexibility index (Phi) is 6.17. The summed E-state index contributed by atoms with van der Waals surface area (Å²) in [6.07, 6.45) is 0. The highest BCUT2D eigenvalue weighted by Crippen LogP contribution is 2.16. The Morgan fingerprint density at radius 1 is 1.04 bits per heavy atom. The average molecular weight is 363 g/mol. The van der Waals surface area contributed by atoms with Crippen LogP contribution < -0.4 is 9.46 Å². The van der Waals surface area contributed by atoms with Crippen molar-refractivity contribution in [3.8, 4) is 5.75 Å². The first kappa shape index (κ1) is 19.0. The highest BCUT2D eigenvalue weighted by molar-refractivity contribution is 7.89. The molecule has 0 radical (unpaired) electrons. The zero-order valence-electron chi connectivity index (χ0n) is 14.4. The standard InChI is InChI=1S/C18H21NO5S/c1-13-9-14(2)11-16(10-13)23-7-8-24-18(20)15-5-4-6-17(12-15)25(21,22)19-3/h4-6,9-12,19H,7-8H2,1-3H3. The predicted octanol–water partition coefficient (Wildman–Crippen LogP) is 2.45. The highest BCUT2D eigenvalue weighted by atomic mass is 32.2. The van der Waals surface area contributed by atoms with Gasteiger partial charge in [-0.1, -0.05) is 12.1 Å². The summed E-state index contributed by atoms with van der Waals surface area (Å²) in [6, 6.07) is 11.5. The Morgan fingerprint density at radius 3 is 2.36 bits per heavy atom. The summed E-state index contributed by atoms with van der Waals surface area (Å²) in [5.74, 6) is 0.118. The number of carbonyl (C=O) groups is 1. The van der Waals surface area contributed by atoms with Crippen molar-refractivity contribution in [2.75, 3.05) is 20.3 Å². The Morgan fingerprint density at radius 2 is 1.72 bits per heavy atom. The molecule has 134 valence electrons. The molecule has 0 bridgehead atoms. The van der Waals surface area contributed by atoms with E-state index in [-0.39, 0.29) is 23.7 Å². The fourth-order valence-corrected chi connectivity index (χ4v) is 3.08. The van der Waals surface area contributed by atoms with Gasteiger partial charge in [0, 0.05) is 0 Å². The summed E-state index contributed by atoms with van der Waals surface area (Å²) in [7, 11) is -2.30. The second kappa shape index (κ2) is 8.13. The van der Waals surface area contributed by atoms with Gasteiger partial charge in [0.05, 0.1) is 10.5 Å². The van der Waals surface area contributed by atoms with Gasteiger partial charge in [-0.05, 0) is 62.4 Å². The molecule has 0 amide bonds. The Hall–Kier alpha value is -2.38. The minimum absolute atomic E-state index is 0.0101. The minimum atomic E-state index is -3.61. The van der Waals surface area contributed by atoms with Gasteiger partial charge in [0.2, 0.25) is 10.0 Å². The first-order valence-corrected chi connectivity index (χ1v) is 9.22. The molecule has 0 heterocycles. The summed E-state index contributed by atoms with van der Waals surface area (Å²) in [4.78, 5) is 12.0. The molecule has 1 N–H and O–H groups in total. The van der Waals surface area contributed by atoms with Crippen molar-refractivity contribution in [3.05, 3.63) is 59.2 Å². The molecule has 0 unspecified atom stereocenters. The van der Waals surface area contributed by atoms with Crippen molar-refractivity contribution in [1.29, 1.82) is 0 Å². The number of hydrogen-bond acceptors (Lipinski definition) is 5. The molecule has 0 aliphatic carbocycles. The number of aryl methyl sites for hydroxylation is 2. The molecular weight excluding hydrogens is 342 g/mol. The lowest BCUT2D eigenvalue weighted by Crippen LogP contribution is -2.19. The summed E-state index contributed by atoms with van der Waals surface area (Å²) in [5, 5.41) is 0. The van der Waals surface area contributed by atoms with E-state index in [2.05, 4.69) is 4.72 Å². The molecule has 0 atom stereocenters. The van der Waals surface area contributed by atoms with Crippen LogP contribution in [0, 0.1) is 13.8 Å². The largest absolute Gasteiger partial charge is 0.490 e. The van der Waals surface area contributed by atoms with Crippen molar-refractivity contribution in [1.82, 2.24) is 4.72 Å². The number of hydrogen-bond donors (Lipinski definition) is 1. The number of esters is 1. The Balaban J connectivity index is 1.91. The van der Waals surface area contributed by atoms with Crippen LogP contribution in [-0.4, -0.2) is 34.6 Å². The van der Waals surface area contributed by atoms with Crippen molar-refractivity contribution in [3.63, 3.8) is 0 Å². The van der Waals surface area contributed by atoms with E-state index >= 15 is 0 Å². The van der Waals surface area contributed by atoms with Gasteiger partial charge in [-0.15, -0.1) is 0 Å². The summed E-state index contributed by atoms with van der Waals surface area (Å²) >= 11 is 0. The topological polar surface area (TPSA) is 81.7 Å². The van der Waals surface area contributed by atoms with Crippen LogP contribution in [0.4, 0.5) is 0 Å². The van der Waals surface area contributed by atoms with Crippen molar-refractivity contribution < 1.29 is 22.7 Å². The maximum atomic E-state index is 12.0. The third kappa shape index (κ3) is 5.30. The monoisotopic (exact) mass is 363 g/mol. The Labute approximate surface area is 147 Å². The smallest absolute Gasteiger partial charge is 0.338 e. The number of sulfonamides is 1. The first-order valence-electron chi connectivity index (χ1n) is 7.73. The summed E-state index contributed by atoms with van der Waals surface area (Å²) < 4.78 is 36.4. The minimum Gasteiger partial charge on any atom is -0.490 e. The maximum Gasteiger partial charge on any atom is 0.338 e. The number of carbonyl (C=O) groups excluding carboxylic acids is 1. The van der Waals surface area contributed by atoms with Crippen LogP contribution in [-0.2, 0) is 14.8 Å². The van der Waals surface area contributed by atoms with Crippen LogP contribution in [0.25, 0.3) is 0 Å². The quantitative estimate of drug-likeness (QED) is 0.604. The lowest BCUT2D eigenvalue weighted by atomic mass is 10.1. The van der Waals surface area contributed by atoms with E-state index < -0.39 is 16.0 Å². The van der Waals surface area contributed by atoms with Crippen LogP contribution in [0.2, 0.25) is 0 Å². The van der Waals surface area contributed by atoms with Gasteiger partial charge in [-0.2, -0.15) is 0 Å². The molecule has 2 aromatic carbocycles. The number of ether oxygens (including phenoxy) is 2. The van der Waals surface area contributed by atoms with Gasteiger partial charge < -0.3 is 9.47 Å². The van der Waals surface area contributed by atoms with E-state index in [4.69, 9.17) is 9.47 Å². The molecule has 0 aliphatic rings. The molecule has 0 saturated heterocycles. The molecule has 0 fully saturated rings. The molecule has 0 saturated carbocycles. The van der Waals surface area contributed by atoms with E-state index in [0.29, 0.717) is 0 Å². The molecule has 0 spiro atoms. The van der Waals surface area contributed by atoms with E-state index in [1.165, 1.54) is 31.3 Å².